The average Bonchev–Trinajstić information content (AvgIpc) is 2.04. The van der Waals surface area contributed by atoms with Crippen LogP contribution in [0.5, 0.6) is 0 Å². The van der Waals surface area contributed by atoms with E-state index in [1.165, 1.54) is 7.11 Å². The molecule has 4 heteroatoms. The Morgan fingerprint density at radius 2 is 2.00 bits per heavy atom. The summed E-state index contributed by atoms with van der Waals surface area (Å²) in [7, 11) is 1.41. The van der Waals surface area contributed by atoms with Crippen molar-refractivity contribution in [1.29, 1.82) is 0 Å². The molecule has 10 heavy (non-hydrogen) atoms. The van der Waals surface area contributed by atoms with E-state index in [4.69, 9.17) is 4.21 Å². The molecule has 0 amide bonds. The predicted molar refractivity (Wildman–Crippen MR) is 39.7 cm³/mol. The van der Waals surface area contributed by atoms with E-state index in [9.17, 15) is 4.79 Å². The first-order chi connectivity index (χ1) is 4.81. The van der Waals surface area contributed by atoms with Crippen LogP contribution in [0.4, 0.5) is 0 Å². The molecule has 0 N–H and O–H groups in total. The van der Waals surface area contributed by atoms with Crippen molar-refractivity contribution < 1.29 is 13.7 Å². The summed E-state index contributed by atoms with van der Waals surface area (Å²) in [6, 6.07) is 0. The molecule has 0 aliphatic heterocycles. The third kappa shape index (κ3) is 10.5. The molecule has 0 aromatic rings. The van der Waals surface area contributed by atoms with Crippen molar-refractivity contribution in [2.45, 2.75) is 26.2 Å². The van der Waals surface area contributed by atoms with Gasteiger partial charge in [-0.25, -0.2) is 0 Å². The van der Waals surface area contributed by atoms with Crippen molar-refractivity contribution in [3.63, 3.8) is 0 Å². The maximum atomic E-state index is 10.3. The number of rotatable bonds is 3. The second-order valence-electron chi connectivity index (χ2n) is 1.68. The monoisotopic (exact) mass is 164 g/mol. The van der Waals surface area contributed by atoms with Crippen LogP contribution in [-0.4, -0.2) is 17.3 Å². The van der Waals surface area contributed by atoms with Gasteiger partial charge in [0.2, 0.25) is 0 Å². The molecule has 0 unspecified atom stereocenters. The number of esters is 1. The SMILES string of the molecule is CCCCC(=O)OC.O=S. The molecule has 0 bridgehead atoms. The number of hydrogen-bond acceptors (Lipinski definition) is 4. The summed E-state index contributed by atoms with van der Waals surface area (Å²) in [4.78, 5) is 10.3. The Bertz CT molecular complexity index is 85.1. The van der Waals surface area contributed by atoms with Crippen molar-refractivity contribution in [2.75, 3.05) is 7.11 Å². The van der Waals surface area contributed by atoms with E-state index in [0.29, 0.717) is 6.42 Å². The molecule has 0 radical (unpaired) electrons. The molecule has 0 aliphatic rings. The molecule has 0 fully saturated rings. The van der Waals surface area contributed by atoms with Crippen LogP contribution in [0.1, 0.15) is 26.2 Å². The predicted octanol–water partition coefficient (Wildman–Crippen LogP) is 1.01. The van der Waals surface area contributed by atoms with Crippen molar-refractivity contribution in [3.8, 4) is 0 Å². The Kier molecular flexibility index (Phi) is 13.8. The van der Waals surface area contributed by atoms with Gasteiger partial charge in [-0.3, -0.25) is 4.79 Å². The minimum atomic E-state index is -0.105. The maximum absolute atomic E-state index is 10.3. The summed E-state index contributed by atoms with van der Waals surface area (Å²) >= 11 is 2.83. The summed E-state index contributed by atoms with van der Waals surface area (Å²) in [5.74, 6) is -0.105. The van der Waals surface area contributed by atoms with Crippen molar-refractivity contribution in [3.05, 3.63) is 0 Å². The van der Waals surface area contributed by atoms with Crippen molar-refractivity contribution in [2.24, 2.45) is 0 Å². The van der Waals surface area contributed by atoms with Gasteiger partial charge in [0.1, 0.15) is 0 Å². The highest BCUT2D eigenvalue weighted by molar-refractivity contribution is 7.44. The summed E-state index contributed by atoms with van der Waals surface area (Å²) in [5.41, 5.74) is 0. The second-order valence-corrected chi connectivity index (χ2v) is 1.68. The molecule has 0 atom stereocenters. The van der Waals surface area contributed by atoms with Crippen LogP contribution in [-0.2, 0) is 22.1 Å². The lowest BCUT2D eigenvalue weighted by atomic mass is 10.3. The second kappa shape index (κ2) is 11.3. The molecule has 0 aromatic carbocycles. The van der Waals surface area contributed by atoms with E-state index in [-0.39, 0.29) is 5.97 Å². The van der Waals surface area contributed by atoms with E-state index in [0.717, 1.165) is 12.8 Å². The number of unbranched alkanes of at least 4 members (excludes halogenated alkanes) is 1. The molecule has 3 nitrogen and oxygen atoms in total. The first-order valence-corrected chi connectivity index (χ1v) is 3.38. The maximum Gasteiger partial charge on any atom is 0.305 e. The van der Waals surface area contributed by atoms with Gasteiger partial charge >= 0.3 is 5.97 Å². The Hall–Kier alpha value is -0.510. The van der Waals surface area contributed by atoms with Gasteiger partial charge in [-0.15, -0.1) is 0 Å². The van der Waals surface area contributed by atoms with E-state index < -0.39 is 0 Å². The standard InChI is InChI=1S/C6H12O2.OS/c1-3-4-5-6(7)8-2;1-2/h3-5H2,1-2H3;. The minimum Gasteiger partial charge on any atom is -0.469 e. The van der Waals surface area contributed by atoms with E-state index in [1.807, 2.05) is 6.92 Å². The van der Waals surface area contributed by atoms with Crippen LogP contribution in [0.3, 0.4) is 0 Å². The fourth-order valence-electron chi connectivity index (χ4n) is 0.423. The van der Waals surface area contributed by atoms with Crippen LogP contribution in [0.25, 0.3) is 0 Å². The van der Waals surface area contributed by atoms with E-state index in [1.54, 1.807) is 0 Å². The summed E-state index contributed by atoms with van der Waals surface area (Å²) < 4.78 is 12.2. The van der Waals surface area contributed by atoms with Gasteiger partial charge in [0.25, 0.3) is 0 Å². The Morgan fingerprint density at radius 3 is 2.30 bits per heavy atom. The van der Waals surface area contributed by atoms with Gasteiger partial charge in [-0.1, -0.05) is 13.3 Å². The highest BCUT2D eigenvalue weighted by atomic mass is 32.1. The number of carbonyl (C=O) groups excluding carboxylic acids is 1. The summed E-state index contributed by atoms with van der Waals surface area (Å²) in [5, 5.41) is 0. The van der Waals surface area contributed by atoms with Gasteiger partial charge in [0.15, 0.2) is 12.5 Å². The summed E-state index contributed by atoms with van der Waals surface area (Å²) in [6.45, 7) is 2.04. The van der Waals surface area contributed by atoms with Crippen molar-refractivity contribution in [1.82, 2.24) is 0 Å². The highest BCUT2D eigenvalue weighted by Gasteiger charge is 1.95. The summed E-state index contributed by atoms with van der Waals surface area (Å²) in [6.07, 6.45) is 2.55. The number of ether oxygens (including phenoxy) is 1. The number of methoxy groups -OCH3 is 1. The molecule has 0 saturated carbocycles. The minimum absolute atomic E-state index is 0.105. The topological polar surface area (TPSA) is 43.4 Å². The smallest absolute Gasteiger partial charge is 0.305 e. The lowest BCUT2D eigenvalue weighted by molar-refractivity contribution is -0.140. The van der Waals surface area contributed by atoms with E-state index >= 15 is 0 Å². The fraction of sp³-hybridized carbons (Fsp3) is 0.833. The van der Waals surface area contributed by atoms with Gasteiger partial charge in [-0.05, 0) is 6.42 Å². The number of carbonyl (C=O) groups is 1. The molecule has 0 aliphatic carbocycles. The third-order valence-electron chi connectivity index (χ3n) is 0.962. The number of hydrogen-bond donors (Lipinski definition) is 0. The quantitative estimate of drug-likeness (QED) is 0.584. The average molecular weight is 164 g/mol. The van der Waals surface area contributed by atoms with Crippen LogP contribution < -0.4 is 0 Å². The molecule has 0 aromatic heterocycles. The molecule has 0 spiro atoms. The highest BCUT2D eigenvalue weighted by Crippen LogP contribution is 1.94. The first-order valence-electron chi connectivity index (χ1n) is 3.04. The molecule has 0 saturated heterocycles. The molecular weight excluding hydrogens is 152 g/mol. The zero-order chi connectivity index (χ0) is 8.41. The van der Waals surface area contributed by atoms with Gasteiger partial charge in [0, 0.05) is 6.42 Å². The largest absolute Gasteiger partial charge is 0.469 e. The van der Waals surface area contributed by atoms with Crippen LogP contribution in [0.2, 0.25) is 0 Å². The van der Waals surface area contributed by atoms with Crippen LogP contribution in [0.15, 0.2) is 0 Å². The van der Waals surface area contributed by atoms with Gasteiger partial charge in [-0.2, -0.15) is 4.21 Å². The van der Waals surface area contributed by atoms with Crippen molar-refractivity contribution >= 4 is 18.5 Å². The fourth-order valence-corrected chi connectivity index (χ4v) is 0.423. The van der Waals surface area contributed by atoms with E-state index in [2.05, 4.69) is 17.3 Å². The lowest BCUT2D eigenvalue weighted by Crippen LogP contribution is -1.98. The van der Waals surface area contributed by atoms with Gasteiger partial charge < -0.3 is 4.74 Å². The van der Waals surface area contributed by atoms with Crippen LogP contribution in [0, 0.1) is 0 Å². The Morgan fingerprint density at radius 1 is 1.50 bits per heavy atom. The first kappa shape index (κ1) is 12.2. The van der Waals surface area contributed by atoms with Gasteiger partial charge in [0.05, 0.1) is 7.11 Å². The Balaban J connectivity index is 0. The third-order valence-corrected chi connectivity index (χ3v) is 0.962. The lowest BCUT2D eigenvalue weighted by Gasteiger charge is -1.93. The zero-order valence-corrected chi connectivity index (χ0v) is 7.07. The van der Waals surface area contributed by atoms with Crippen LogP contribution >= 0.6 is 0 Å². The molecule has 60 valence electrons. The molecule has 0 rings (SSSR count). The molecule has 0 heterocycles. The zero-order valence-electron chi connectivity index (χ0n) is 6.25. The Labute approximate surface area is 66.3 Å². The molecular formula is C6H12O3S. The normalized spacial score (nSPS) is 7.40.